The van der Waals surface area contributed by atoms with Gasteiger partial charge in [-0.1, -0.05) is 12.1 Å². The first-order valence-corrected chi connectivity index (χ1v) is 13.1. The minimum atomic E-state index is -1.26. The second kappa shape index (κ2) is 9.79. The van der Waals surface area contributed by atoms with Crippen LogP contribution in [0.5, 0.6) is 5.75 Å². The van der Waals surface area contributed by atoms with Crippen molar-refractivity contribution in [3.63, 3.8) is 0 Å². The number of carbonyl (C=O) groups excluding carboxylic acids is 2. The molecule has 0 bridgehead atoms. The van der Waals surface area contributed by atoms with Crippen LogP contribution in [0.15, 0.2) is 47.4 Å². The summed E-state index contributed by atoms with van der Waals surface area (Å²) < 4.78 is 19.8. The molecule has 3 N–H and O–H groups in total. The number of aliphatic hydroxyl groups excluding tert-OH is 1. The second-order valence-electron chi connectivity index (χ2n) is 8.52. The fourth-order valence-corrected chi connectivity index (χ4v) is 4.65. The van der Waals surface area contributed by atoms with Crippen molar-refractivity contribution in [2.75, 3.05) is 44.3 Å². The summed E-state index contributed by atoms with van der Waals surface area (Å²) in [6, 6.07) is 9.96. The fourth-order valence-electron chi connectivity index (χ4n) is 3.53. The van der Waals surface area contributed by atoms with Crippen molar-refractivity contribution in [1.82, 2.24) is 10.2 Å². The molecule has 2 unspecified atom stereocenters. The number of carbonyl (C=O) groups is 2. The molecule has 2 aromatic rings. The van der Waals surface area contributed by atoms with Gasteiger partial charge in [0.15, 0.2) is 0 Å². The van der Waals surface area contributed by atoms with Gasteiger partial charge in [0.05, 0.1) is 13.2 Å². The summed E-state index contributed by atoms with van der Waals surface area (Å²) in [4.78, 5) is 27.9. The maximum absolute atomic E-state index is 14.6. The van der Waals surface area contributed by atoms with E-state index < -0.39 is 34.1 Å². The topological polar surface area (TPSA) is 90.9 Å². The zero-order chi connectivity index (χ0) is 23.5. The van der Waals surface area contributed by atoms with E-state index in [1.54, 1.807) is 36.4 Å². The lowest BCUT2D eigenvalue weighted by Crippen LogP contribution is -2.44. The summed E-state index contributed by atoms with van der Waals surface area (Å²) in [7, 11) is 0.282. The van der Waals surface area contributed by atoms with Crippen LogP contribution in [0.1, 0.15) is 18.0 Å². The van der Waals surface area contributed by atoms with Crippen molar-refractivity contribution in [3.05, 3.63) is 53.8 Å². The van der Waals surface area contributed by atoms with Crippen molar-refractivity contribution in [2.24, 2.45) is 0 Å². The molecular formula is C23H30FN3O4S. The van der Waals surface area contributed by atoms with Crippen LogP contribution < -0.4 is 15.4 Å². The Labute approximate surface area is 189 Å². The van der Waals surface area contributed by atoms with E-state index in [1.165, 1.54) is 18.1 Å². The van der Waals surface area contributed by atoms with E-state index in [2.05, 4.69) is 10.6 Å². The molecule has 2 atom stereocenters. The Morgan fingerprint density at radius 3 is 2.41 bits per heavy atom. The number of halogens is 1. The molecule has 3 rings (SSSR count). The summed E-state index contributed by atoms with van der Waals surface area (Å²) in [6.45, 7) is 0.621. The number of β-amino-alcohol motifs (C(OH)–C–C–N with tert-alkyl or cyclic N) is 1. The van der Waals surface area contributed by atoms with Gasteiger partial charge in [-0.3, -0.25) is 4.79 Å². The lowest BCUT2D eigenvalue weighted by Gasteiger charge is -2.27. The molecule has 1 saturated heterocycles. The van der Waals surface area contributed by atoms with Crippen LogP contribution in [0, 0.1) is 5.82 Å². The number of amides is 3. The van der Waals surface area contributed by atoms with E-state index in [-0.39, 0.29) is 12.4 Å². The maximum atomic E-state index is 14.6. The summed E-state index contributed by atoms with van der Waals surface area (Å²) in [5, 5.41) is 15.2. The number of nitrogens with one attached hydrogen (secondary N) is 2. The van der Waals surface area contributed by atoms with Crippen molar-refractivity contribution < 1.29 is 23.8 Å². The summed E-state index contributed by atoms with van der Waals surface area (Å²) >= 11 is 0. The zero-order valence-corrected chi connectivity index (χ0v) is 19.5. The molecule has 3 amide bonds. The number of rotatable bonds is 6. The predicted molar refractivity (Wildman–Crippen MR) is 125 cm³/mol. The molecule has 1 aliphatic rings. The lowest BCUT2D eigenvalue weighted by molar-refractivity contribution is -0.118. The van der Waals surface area contributed by atoms with Gasteiger partial charge in [0, 0.05) is 23.7 Å². The molecule has 1 heterocycles. The quantitative estimate of drug-likeness (QED) is 0.613. The molecule has 0 aromatic heterocycles. The lowest BCUT2D eigenvalue weighted by atomic mass is 10.1. The number of aliphatic hydroxyl groups is 1. The number of urea groups is 1. The van der Waals surface area contributed by atoms with Crippen LogP contribution in [0.3, 0.4) is 0 Å². The molecule has 0 radical (unpaired) electrons. The average Bonchev–Trinajstić information content (AvgIpc) is 3.17. The van der Waals surface area contributed by atoms with Gasteiger partial charge in [0.1, 0.15) is 17.6 Å². The molecule has 0 saturated carbocycles. The van der Waals surface area contributed by atoms with Gasteiger partial charge < -0.3 is 25.4 Å². The molecule has 2 aromatic carbocycles. The molecule has 1 aliphatic heterocycles. The van der Waals surface area contributed by atoms with Gasteiger partial charge in [-0.15, -0.1) is 0 Å². The number of hydrogen-bond acceptors (Lipinski definition) is 4. The normalized spacial score (nSPS) is 17.6. The molecule has 32 heavy (non-hydrogen) atoms. The van der Waals surface area contributed by atoms with Crippen LogP contribution in [0.25, 0.3) is 0 Å². The Morgan fingerprint density at radius 1 is 1.19 bits per heavy atom. The molecule has 1 fully saturated rings. The SMILES string of the molecule is COc1ccc(C(NC(=O)N2CCC(O)C2)C(=O)Nc2ccc(S(C)(C)C)c(F)c2)cc1. The Hall–Kier alpha value is -2.78. The highest BCUT2D eigenvalue weighted by molar-refractivity contribution is 8.32. The number of ether oxygens (including phenoxy) is 1. The highest BCUT2D eigenvalue weighted by Gasteiger charge is 2.29. The Morgan fingerprint density at radius 2 is 1.88 bits per heavy atom. The number of methoxy groups -OCH3 is 1. The highest BCUT2D eigenvalue weighted by atomic mass is 32.3. The Kier molecular flexibility index (Phi) is 7.30. The third-order valence-corrected chi connectivity index (χ3v) is 6.94. The van der Waals surface area contributed by atoms with E-state index in [9.17, 15) is 19.1 Å². The van der Waals surface area contributed by atoms with Gasteiger partial charge >= 0.3 is 6.03 Å². The van der Waals surface area contributed by atoms with Gasteiger partial charge in [0.25, 0.3) is 5.91 Å². The Bertz CT molecular complexity index is 978. The number of benzene rings is 2. The predicted octanol–water partition coefficient (Wildman–Crippen LogP) is 3.34. The van der Waals surface area contributed by atoms with E-state index >= 15 is 0 Å². The minimum Gasteiger partial charge on any atom is -0.497 e. The highest BCUT2D eigenvalue weighted by Crippen LogP contribution is 2.46. The van der Waals surface area contributed by atoms with E-state index in [4.69, 9.17) is 4.74 Å². The standard InChI is InChI=1S/C23H30FN3O4S/c1-31-18-8-5-15(6-9-18)21(26-23(30)27-12-11-17(28)14-27)22(29)25-16-7-10-20(19(24)13-16)32(2,3)4/h5-10,13,17,21,28H,11-12,14H2,1-4H3,(H,25,29)(H,26,30). The second-order valence-corrected chi connectivity index (χ2v) is 12.6. The molecule has 0 spiro atoms. The molecule has 7 nitrogen and oxygen atoms in total. The summed E-state index contributed by atoms with van der Waals surface area (Å²) in [6.07, 6.45) is 5.91. The van der Waals surface area contributed by atoms with Crippen molar-refractivity contribution in [3.8, 4) is 5.75 Å². The summed E-state index contributed by atoms with van der Waals surface area (Å²) in [5.74, 6) is -0.260. The third kappa shape index (κ3) is 5.72. The van der Waals surface area contributed by atoms with Crippen molar-refractivity contribution >= 4 is 27.7 Å². The fraction of sp³-hybridized carbons (Fsp3) is 0.391. The first-order chi connectivity index (χ1) is 15.1. The van der Waals surface area contributed by atoms with Gasteiger partial charge in [-0.2, -0.15) is 0 Å². The van der Waals surface area contributed by atoms with Crippen LogP contribution in [-0.4, -0.2) is 67.0 Å². The average molecular weight is 464 g/mol. The van der Waals surface area contributed by atoms with Crippen LogP contribution in [-0.2, 0) is 4.79 Å². The monoisotopic (exact) mass is 463 g/mol. The molecule has 174 valence electrons. The van der Waals surface area contributed by atoms with Gasteiger partial charge in [0.2, 0.25) is 0 Å². The molecular weight excluding hydrogens is 433 g/mol. The first kappa shape index (κ1) is 23.9. The third-order valence-electron chi connectivity index (χ3n) is 5.29. The van der Waals surface area contributed by atoms with E-state index in [0.29, 0.717) is 34.9 Å². The largest absolute Gasteiger partial charge is 0.497 e. The number of anilines is 1. The number of hydrogen-bond donors (Lipinski definition) is 3. The Balaban J connectivity index is 1.82. The minimum absolute atomic E-state index is 0.213. The van der Waals surface area contributed by atoms with Gasteiger partial charge in [-0.05, 0) is 61.1 Å². The van der Waals surface area contributed by atoms with Crippen molar-refractivity contribution in [2.45, 2.75) is 23.5 Å². The number of nitrogens with zero attached hydrogens (tertiary/aromatic N) is 1. The molecule has 9 heteroatoms. The van der Waals surface area contributed by atoms with E-state index in [1.807, 2.05) is 18.8 Å². The van der Waals surface area contributed by atoms with Crippen LogP contribution >= 0.6 is 10.0 Å². The van der Waals surface area contributed by atoms with Crippen molar-refractivity contribution in [1.29, 1.82) is 0 Å². The van der Waals surface area contributed by atoms with E-state index in [0.717, 1.165) is 0 Å². The molecule has 0 aliphatic carbocycles. The zero-order valence-electron chi connectivity index (χ0n) is 18.7. The maximum Gasteiger partial charge on any atom is 0.318 e. The smallest absolute Gasteiger partial charge is 0.318 e. The number of likely N-dealkylation sites (tertiary alicyclic amines) is 1. The first-order valence-electron chi connectivity index (χ1n) is 10.2. The summed E-state index contributed by atoms with van der Waals surface area (Å²) in [5.41, 5.74) is 0.858. The van der Waals surface area contributed by atoms with Crippen LogP contribution in [0.2, 0.25) is 0 Å². The van der Waals surface area contributed by atoms with Gasteiger partial charge in [-0.25, -0.2) is 19.2 Å². The van der Waals surface area contributed by atoms with Crippen LogP contribution in [0.4, 0.5) is 14.9 Å².